The lowest BCUT2D eigenvalue weighted by molar-refractivity contribution is -0.114. The molecule has 0 unspecified atom stereocenters. The molecular weight excluding hydrogens is 404 g/mol. The number of carbonyl (C=O) groups excluding carboxylic acids is 1. The topological polar surface area (TPSA) is 69.6 Å². The van der Waals surface area contributed by atoms with Gasteiger partial charge in [-0.05, 0) is 51.0 Å². The molecule has 0 spiro atoms. The highest BCUT2D eigenvalue weighted by atomic mass is 16.5. The third-order valence-corrected chi connectivity index (χ3v) is 5.20. The summed E-state index contributed by atoms with van der Waals surface area (Å²) in [5.74, 6) is 0.592. The van der Waals surface area contributed by atoms with E-state index in [1.807, 2.05) is 38.1 Å². The predicted octanol–water partition coefficient (Wildman–Crippen LogP) is 6.06. The molecule has 0 aliphatic carbocycles. The minimum Gasteiger partial charge on any atom is -0.485 e. The van der Waals surface area contributed by atoms with Crippen LogP contribution in [0.15, 0.2) is 34.6 Å². The van der Waals surface area contributed by atoms with Crippen LogP contribution >= 0.6 is 0 Å². The highest BCUT2D eigenvalue weighted by molar-refractivity contribution is 5.94. The summed E-state index contributed by atoms with van der Waals surface area (Å²) in [6, 6.07) is 5.58. The van der Waals surface area contributed by atoms with E-state index < -0.39 is 0 Å². The van der Waals surface area contributed by atoms with E-state index >= 15 is 0 Å². The van der Waals surface area contributed by atoms with Gasteiger partial charge in [-0.3, -0.25) is 9.59 Å². The Kier molecular flexibility index (Phi) is 10.3. The molecule has 0 atom stereocenters. The monoisotopic (exact) mass is 442 g/mol. The van der Waals surface area contributed by atoms with Gasteiger partial charge in [-0.15, -0.1) is 0 Å². The number of hydrogen-bond acceptors (Lipinski definition) is 4. The maximum Gasteiger partial charge on any atom is 0.297 e. The normalized spacial score (nSPS) is 10.8. The van der Waals surface area contributed by atoms with E-state index in [1.54, 1.807) is 4.57 Å². The first kappa shape index (κ1) is 25.5. The maximum atomic E-state index is 13.5. The summed E-state index contributed by atoms with van der Waals surface area (Å²) in [5, 5.41) is 3.63. The number of aromatic nitrogens is 1. The molecule has 32 heavy (non-hydrogen) atoms. The molecule has 0 saturated heterocycles. The van der Waals surface area contributed by atoms with Gasteiger partial charge in [0.2, 0.25) is 11.7 Å². The van der Waals surface area contributed by atoms with E-state index in [1.165, 1.54) is 6.92 Å². The molecule has 0 bridgehead atoms. The fourth-order valence-corrected chi connectivity index (χ4v) is 3.48. The fourth-order valence-electron chi connectivity index (χ4n) is 3.48. The molecule has 0 radical (unpaired) electrons. The number of benzene rings is 1. The summed E-state index contributed by atoms with van der Waals surface area (Å²) in [6.45, 7) is 11.2. The lowest BCUT2D eigenvalue weighted by Gasteiger charge is -2.19. The predicted molar refractivity (Wildman–Crippen MR) is 132 cm³/mol. The Bertz CT molecular complexity index is 987. The average Bonchev–Trinajstić information content (AvgIpc) is 2.74. The van der Waals surface area contributed by atoms with Crippen molar-refractivity contribution in [1.82, 2.24) is 4.57 Å². The molecular formula is C26H38N2O4. The van der Waals surface area contributed by atoms with Crippen molar-refractivity contribution in [2.45, 2.75) is 79.7 Å². The van der Waals surface area contributed by atoms with Gasteiger partial charge in [0.15, 0.2) is 5.75 Å². The first-order valence-electron chi connectivity index (χ1n) is 11.8. The van der Waals surface area contributed by atoms with Crippen molar-refractivity contribution >= 4 is 22.5 Å². The van der Waals surface area contributed by atoms with Crippen molar-refractivity contribution in [3.8, 4) is 11.5 Å². The molecule has 0 aliphatic rings. The minimum absolute atomic E-state index is 0.152. The number of allylic oxidation sites excluding steroid dienone is 1. The number of carbonyl (C=O) groups is 1. The summed E-state index contributed by atoms with van der Waals surface area (Å²) in [7, 11) is 0. The van der Waals surface area contributed by atoms with Gasteiger partial charge in [-0.2, -0.15) is 0 Å². The molecule has 1 aromatic carbocycles. The van der Waals surface area contributed by atoms with Gasteiger partial charge < -0.3 is 19.4 Å². The minimum atomic E-state index is -0.183. The van der Waals surface area contributed by atoms with E-state index in [9.17, 15) is 9.59 Å². The van der Waals surface area contributed by atoms with Crippen LogP contribution in [0.25, 0.3) is 10.9 Å². The molecule has 6 nitrogen and oxygen atoms in total. The Morgan fingerprint density at radius 3 is 2.41 bits per heavy atom. The van der Waals surface area contributed by atoms with Crippen LogP contribution in [0.3, 0.4) is 0 Å². The van der Waals surface area contributed by atoms with Crippen LogP contribution in [0.2, 0.25) is 0 Å². The molecule has 1 aromatic heterocycles. The number of pyridine rings is 1. The number of ether oxygens (including phenoxy) is 2. The van der Waals surface area contributed by atoms with Crippen LogP contribution in [-0.4, -0.2) is 23.7 Å². The maximum absolute atomic E-state index is 13.5. The number of hydrogen-bond donors (Lipinski definition) is 1. The van der Waals surface area contributed by atoms with Crippen LogP contribution in [-0.2, 0) is 11.3 Å². The largest absolute Gasteiger partial charge is 0.485 e. The summed E-state index contributed by atoms with van der Waals surface area (Å²) < 4.78 is 13.8. The van der Waals surface area contributed by atoms with Gasteiger partial charge in [0.25, 0.3) is 5.56 Å². The number of nitrogens with zero attached hydrogens (tertiary/aromatic N) is 1. The first-order chi connectivity index (χ1) is 15.4. The summed E-state index contributed by atoms with van der Waals surface area (Å²) in [4.78, 5) is 25.1. The Morgan fingerprint density at radius 2 is 1.75 bits per heavy atom. The lowest BCUT2D eigenvalue weighted by atomic mass is 10.1. The van der Waals surface area contributed by atoms with Gasteiger partial charge in [0.05, 0.1) is 12.1 Å². The molecule has 0 aliphatic heterocycles. The molecule has 1 N–H and O–H groups in total. The first-order valence-corrected chi connectivity index (χ1v) is 11.8. The second kappa shape index (κ2) is 12.9. The number of rotatable bonds is 13. The summed E-state index contributed by atoms with van der Waals surface area (Å²) in [5.41, 5.74) is 2.35. The van der Waals surface area contributed by atoms with E-state index in [-0.39, 0.29) is 17.2 Å². The van der Waals surface area contributed by atoms with E-state index in [4.69, 9.17) is 9.47 Å². The number of amides is 1. The molecule has 2 rings (SSSR count). The Balaban J connectivity index is 2.63. The third-order valence-electron chi connectivity index (χ3n) is 5.20. The molecule has 176 valence electrons. The van der Waals surface area contributed by atoms with Crippen LogP contribution in [0.5, 0.6) is 11.5 Å². The van der Waals surface area contributed by atoms with Gasteiger partial charge in [0.1, 0.15) is 6.61 Å². The number of aryl methyl sites for hydroxylation is 1. The number of nitrogens with one attached hydrogen (secondary N) is 1. The smallest absolute Gasteiger partial charge is 0.297 e. The second-order valence-electron chi connectivity index (χ2n) is 8.38. The zero-order valence-electron chi connectivity index (χ0n) is 20.3. The number of fused-ring (bicyclic) bond motifs is 1. The van der Waals surface area contributed by atoms with Crippen molar-refractivity contribution in [3.63, 3.8) is 0 Å². The van der Waals surface area contributed by atoms with Crippen molar-refractivity contribution in [2.75, 3.05) is 18.5 Å². The zero-order valence-corrected chi connectivity index (χ0v) is 20.3. The van der Waals surface area contributed by atoms with E-state index in [0.29, 0.717) is 31.2 Å². The number of unbranched alkanes of at least 4 members (excludes halogenated alkanes) is 4. The van der Waals surface area contributed by atoms with Crippen molar-refractivity contribution < 1.29 is 14.3 Å². The van der Waals surface area contributed by atoms with Gasteiger partial charge in [0, 0.05) is 24.5 Å². The summed E-state index contributed by atoms with van der Waals surface area (Å²) in [6.07, 6.45) is 8.04. The molecule has 6 heteroatoms. The molecule has 1 heterocycles. The van der Waals surface area contributed by atoms with Crippen LogP contribution < -0.4 is 20.3 Å². The SMILES string of the molecule is CCCCCCn1c(=O)c(OCCCC)c(OCC=C(C)C)c2ccc(NC(C)=O)cc21. The van der Waals surface area contributed by atoms with Gasteiger partial charge >= 0.3 is 0 Å². The van der Waals surface area contributed by atoms with Crippen molar-refractivity contribution in [2.24, 2.45) is 0 Å². The van der Waals surface area contributed by atoms with Crippen molar-refractivity contribution in [1.29, 1.82) is 0 Å². The van der Waals surface area contributed by atoms with Crippen molar-refractivity contribution in [3.05, 3.63) is 40.2 Å². The Labute approximate surface area is 191 Å². The zero-order chi connectivity index (χ0) is 23.5. The third kappa shape index (κ3) is 7.14. The van der Waals surface area contributed by atoms with E-state index in [0.717, 1.165) is 55.0 Å². The summed E-state index contributed by atoms with van der Waals surface area (Å²) >= 11 is 0. The highest BCUT2D eigenvalue weighted by Crippen LogP contribution is 2.35. The average molecular weight is 443 g/mol. The number of anilines is 1. The van der Waals surface area contributed by atoms with Crippen LogP contribution in [0.4, 0.5) is 5.69 Å². The molecule has 0 saturated carbocycles. The van der Waals surface area contributed by atoms with E-state index in [2.05, 4.69) is 19.2 Å². The van der Waals surface area contributed by atoms with Gasteiger partial charge in [-0.1, -0.05) is 45.1 Å². The van der Waals surface area contributed by atoms with Crippen LogP contribution in [0.1, 0.15) is 73.1 Å². The Morgan fingerprint density at radius 1 is 1.00 bits per heavy atom. The Hall–Kier alpha value is -2.76. The quantitative estimate of drug-likeness (QED) is 0.302. The fraction of sp³-hybridized carbons (Fsp3) is 0.538. The molecule has 0 fully saturated rings. The second-order valence-corrected chi connectivity index (χ2v) is 8.38. The molecule has 2 aromatic rings. The van der Waals surface area contributed by atoms with Gasteiger partial charge in [-0.25, -0.2) is 0 Å². The molecule has 1 amide bonds. The highest BCUT2D eigenvalue weighted by Gasteiger charge is 2.20. The van der Waals surface area contributed by atoms with Crippen LogP contribution in [0, 0.1) is 0 Å². The standard InChI is InChI=1S/C26H38N2O4/c1-6-8-10-11-15-28-23-18-21(27-20(5)29)12-13-22(23)24(32-17-14-19(3)4)25(26(28)30)31-16-9-7-2/h12-14,18H,6-11,15-17H2,1-5H3,(H,27,29). The lowest BCUT2D eigenvalue weighted by Crippen LogP contribution is -2.24.